The molecule has 2 fully saturated rings. The number of aliphatic hydroxyl groups is 1. The van der Waals surface area contributed by atoms with Crippen molar-refractivity contribution < 1.29 is 27.9 Å². The van der Waals surface area contributed by atoms with Crippen molar-refractivity contribution in [2.75, 3.05) is 51.1 Å². The third-order valence-electron chi connectivity index (χ3n) is 9.20. The van der Waals surface area contributed by atoms with E-state index in [1.165, 1.54) is 17.7 Å². The number of β-amino-alcohol motifs (C(OH)–C–C–N with tert-alkyl or cyclic N) is 1. The van der Waals surface area contributed by atoms with Gasteiger partial charge >= 0.3 is 6.18 Å². The third kappa shape index (κ3) is 7.69. The van der Waals surface area contributed by atoms with Crippen molar-refractivity contribution in [3.05, 3.63) is 59.8 Å². The number of rotatable bonds is 8. The Balaban J connectivity index is 1.07. The second kappa shape index (κ2) is 13.4. The maximum absolute atomic E-state index is 13.3. The smallest absolute Gasteiger partial charge is 0.388 e. The number of carbonyl (C=O) groups excluding carboxylic acids is 2. The number of halogens is 3. The molecule has 1 unspecified atom stereocenters. The highest BCUT2D eigenvalue weighted by Gasteiger charge is 2.34. The van der Waals surface area contributed by atoms with E-state index in [1.54, 1.807) is 22.8 Å². The summed E-state index contributed by atoms with van der Waals surface area (Å²) in [6.07, 6.45) is 2.54. The van der Waals surface area contributed by atoms with Crippen LogP contribution in [0.15, 0.2) is 48.7 Å². The molecule has 0 radical (unpaired) electrons. The first-order valence-corrected chi connectivity index (χ1v) is 16.1. The average Bonchev–Trinajstić information content (AvgIpc) is 3.66. The number of aromatic nitrogens is 3. The Morgan fingerprint density at radius 2 is 1.74 bits per heavy atom. The fourth-order valence-electron chi connectivity index (χ4n) is 6.66. The SMILES string of the molecule is O=C(CCC(F)(F)F)N1CC=C(c2cccn3nc(Nc4ccc(C(=O)N5CCCC(O)(CN6CCCC6)CC5)cc4)nc23)CC1. The number of hydrogen-bond donors (Lipinski definition) is 2. The fourth-order valence-corrected chi connectivity index (χ4v) is 6.66. The summed E-state index contributed by atoms with van der Waals surface area (Å²) >= 11 is 0. The summed E-state index contributed by atoms with van der Waals surface area (Å²) in [7, 11) is 0. The van der Waals surface area contributed by atoms with Crippen molar-refractivity contribution >= 4 is 34.7 Å². The van der Waals surface area contributed by atoms with Crippen molar-refractivity contribution in [1.29, 1.82) is 0 Å². The Labute approximate surface area is 265 Å². The third-order valence-corrected chi connectivity index (χ3v) is 9.20. The van der Waals surface area contributed by atoms with Crippen LogP contribution in [-0.2, 0) is 4.79 Å². The van der Waals surface area contributed by atoms with Gasteiger partial charge < -0.3 is 25.1 Å². The van der Waals surface area contributed by atoms with Gasteiger partial charge in [0.05, 0.1) is 12.0 Å². The molecule has 6 rings (SSSR count). The van der Waals surface area contributed by atoms with Crippen LogP contribution in [-0.4, -0.2) is 104 Å². The standard InChI is InChI=1S/C33H40F3N7O3/c34-33(35,36)14-10-28(44)41-20-11-24(12-21-41)27-5-3-19-43-29(27)38-31(39-43)37-26-8-6-25(7-9-26)30(45)42-18-4-13-32(46,15-22-42)23-40-16-1-2-17-40/h3,5-9,11,19,46H,1-2,4,10,12-18,20-23H2,(H,37,39). The number of anilines is 2. The number of nitrogens with zero attached hydrogens (tertiary/aromatic N) is 6. The van der Waals surface area contributed by atoms with Gasteiger partial charge in [-0.1, -0.05) is 6.08 Å². The lowest BCUT2D eigenvalue weighted by Crippen LogP contribution is -2.43. The molecule has 1 atom stereocenters. The monoisotopic (exact) mass is 639 g/mol. The van der Waals surface area contributed by atoms with E-state index in [1.807, 2.05) is 35.2 Å². The Hall–Kier alpha value is -3.97. The summed E-state index contributed by atoms with van der Waals surface area (Å²) in [6, 6.07) is 10.9. The minimum Gasteiger partial charge on any atom is -0.388 e. The van der Waals surface area contributed by atoms with E-state index < -0.39 is 30.5 Å². The molecule has 5 heterocycles. The summed E-state index contributed by atoms with van der Waals surface area (Å²) in [6.45, 7) is 4.49. The molecule has 0 spiro atoms. The van der Waals surface area contributed by atoms with Gasteiger partial charge in [-0.2, -0.15) is 18.2 Å². The van der Waals surface area contributed by atoms with Crippen molar-refractivity contribution in [1.82, 2.24) is 29.3 Å². The van der Waals surface area contributed by atoms with Gasteiger partial charge in [-0.3, -0.25) is 9.59 Å². The zero-order valence-corrected chi connectivity index (χ0v) is 25.8. The van der Waals surface area contributed by atoms with Crippen molar-refractivity contribution in [3.8, 4) is 0 Å². The van der Waals surface area contributed by atoms with Crippen LogP contribution in [0.2, 0.25) is 0 Å². The van der Waals surface area contributed by atoms with E-state index in [9.17, 15) is 27.9 Å². The van der Waals surface area contributed by atoms with Crippen molar-refractivity contribution in [2.24, 2.45) is 0 Å². The van der Waals surface area contributed by atoms with E-state index in [0.29, 0.717) is 62.6 Å². The molecule has 0 saturated carbocycles. The van der Waals surface area contributed by atoms with Crippen LogP contribution in [0, 0.1) is 0 Å². The molecule has 246 valence electrons. The van der Waals surface area contributed by atoms with E-state index in [2.05, 4.69) is 20.3 Å². The van der Waals surface area contributed by atoms with Gasteiger partial charge in [0.25, 0.3) is 5.91 Å². The maximum atomic E-state index is 13.3. The van der Waals surface area contributed by atoms with Crippen LogP contribution in [0.5, 0.6) is 0 Å². The van der Waals surface area contributed by atoms with Crippen LogP contribution in [0.4, 0.5) is 24.8 Å². The number of amides is 2. The molecule has 10 nitrogen and oxygen atoms in total. The largest absolute Gasteiger partial charge is 0.389 e. The lowest BCUT2D eigenvalue weighted by atomic mass is 9.94. The molecule has 2 N–H and O–H groups in total. The van der Waals surface area contributed by atoms with Gasteiger partial charge in [-0.15, -0.1) is 5.10 Å². The van der Waals surface area contributed by atoms with Crippen LogP contribution < -0.4 is 5.32 Å². The molecule has 3 aliphatic rings. The fraction of sp³-hybridized carbons (Fsp3) is 0.515. The molecule has 2 saturated heterocycles. The van der Waals surface area contributed by atoms with Crippen LogP contribution in [0.1, 0.15) is 67.3 Å². The van der Waals surface area contributed by atoms with Gasteiger partial charge in [-0.05, 0) is 93.6 Å². The second-order valence-electron chi connectivity index (χ2n) is 12.6. The molecule has 3 aliphatic heterocycles. The summed E-state index contributed by atoms with van der Waals surface area (Å²) < 4.78 is 39.2. The molecule has 2 amide bonds. The van der Waals surface area contributed by atoms with Gasteiger partial charge in [0.1, 0.15) is 0 Å². The molecule has 2 aromatic heterocycles. The Kier molecular flexibility index (Phi) is 9.32. The van der Waals surface area contributed by atoms with Crippen molar-refractivity contribution in [2.45, 2.75) is 63.1 Å². The Morgan fingerprint density at radius 3 is 2.46 bits per heavy atom. The molecular weight excluding hydrogens is 599 g/mol. The lowest BCUT2D eigenvalue weighted by molar-refractivity contribution is -0.148. The number of alkyl halides is 3. The highest BCUT2D eigenvalue weighted by Crippen LogP contribution is 2.29. The number of pyridine rings is 1. The minimum absolute atomic E-state index is 0.0474. The predicted octanol–water partition coefficient (Wildman–Crippen LogP) is 4.88. The normalized spacial score (nSPS) is 21.3. The molecule has 0 aliphatic carbocycles. The number of hydrogen-bond acceptors (Lipinski definition) is 7. The van der Waals surface area contributed by atoms with Gasteiger partial charge in [-0.25, -0.2) is 4.52 Å². The molecule has 13 heteroatoms. The predicted molar refractivity (Wildman–Crippen MR) is 168 cm³/mol. The van der Waals surface area contributed by atoms with E-state index in [4.69, 9.17) is 0 Å². The average molecular weight is 640 g/mol. The van der Waals surface area contributed by atoms with Crippen LogP contribution in [0.25, 0.3) is 11.2 Å². The van der Waals surface area contributed by atoms with Crippen molar-refractivity contribution in [3.63, 3.8) is 0 Å². The first kappa shape index (κ1) is 32.0. The maximum Gasteiger partial charge on any atom is 0.389 e. The summed E-state index contributed by atoms with van der Waals surface area (Å²) in [4.78, 5) is 35.9. The van der Waals surface area contributed by atoms with Gasteiger partial charge in [0, 0.05) is 62.2 Å². The topological polar surface area (TPSA) is 106 Å². The lowest BCUT2D eigenvalue weighted by Gasteiger charge is -2.31. The van der Waals surface area contributed by atoms with E-state index in [-0.39, 0.29) is 12.5 Å². The zero-order valence-electron chi connectivity index (χ0n) is 25.8. The first-order valence-electron chi connectivity index (χ1n) is 16.1. The number of nitrogens with one attached hydrogen (secondary N) is 1. The number of carbonyl (C=O) groups is 2. The highest BCUT2D eigenvalue weighted by atomic mass is 19.4. The van der Waals surface area contributed by atoms with E-state index >= 15 is 0 Å². The number of benzene rings is 1. The Morgan fingerprint density at radius 1 is 0.957 bits per heavy atom. The molecular formula is C33H40F3N7O3. The number of fused-ring (bicyclic) bond motifs is 1. The zero-order chi connectivity index (χ0) is 32.3. The minimum atomic E-state index is -4.35. The van der Waals surface area contributed by atoms with Gasteiger partial charge in [0.2, 0.25) is 11.9 Å². The molecule has 3 aromatic rings. The molecule has 46 heavy (non-hydrogen) atoms. The quantitative estimate of drug-likeness (QED) is 0.362. The Bertz CT molecular complexity index is 1580. The van der Waals surface area contributed by atoms with E-state index in [0.717, 1.165) is 36.3 Å². The van der Waals surface area contributed by atoms with Crippen LogP contribution >= 0.6 is 0 Å². The highest BCUT2D eigenvalue weighted by molar-refractivity contribution is 5.94. The second-order valence-corrected chi connectivity index (χ2v) is 12.6. The summed E-state index contributed by atoms with van der Waals surface area (Å²) in [5.41, 5.74) is 2.96. The summed E-state index contributed by atoms with van der Waals surface area (Å²) in [5, 5.41) is 19.0. The van der Waals surface area contributed by atoms with Crippen LogP contribution in [0.3, 0.4) is 0 Å². The molecule has 1 aromatic carbocycles. The molecule has 0 bridgehead atoms. The van der Waals surface area contributed by atoms with Gasteiger partial charge in [0.15, 0.2) is 5.65 Å². The first-order chi connectivity index (χ1) is 22.1. The summed E-state index contributed by atoms with van der Waals surface area (Å²) in [5.74, 6) is -0.176. The number of likely N-dealkylation sites (tertiary alicyclic amines) is 2.